The van der Waals surface area contributed by atoms with E-state index in [0.717, 1.165) is 6.54 Å². The number of carbonyl (C=O) groups excluding carboxylic acids is 1. The molecular weight excluding hydrogens is 168 g/mol. The molecule has 1 rings (SSSR count). The van der Waals surface area contributed by atoms with Crippen molar-refractivity contribution >= 4 is 5.91 Å². The second kappa shape index (κ2) is 4.58. The zero-order valence-corrected chi connectivity index (χ0v) is 8.29. The first-order chi connectivity index (χ1) is 6.13. The number of carbonyl (C=O) groups is 1. The Morgan fingerprint density at radius 2 is 2.38 bits per heavy atom. The van der Waals surface area contributed by atoms with Crippen LogP contribution in [-0.2, 0) is 4.79 Å². The summed E-state index contributed by atoms with van der Waals surface area (Å²) in [7, 11) is 0. The van der Waals surface area contributed by atoms with Crippen LogP contribution in [0.1, 0.15) is 13.8 Å². The highest BCUT2D eigenvalue weighted by Crippen LogP contribution is 2.07. The van der Waals surface area contributed by atoms with E-state index in [1.807, 2.05) is 4.90 Å². The van der Waals surface area contributed by atoms with E-state index in [9.17, 15) is 4.79 Å². The van der Waals surface area contributed by atoms with Crippen molar-refractivity contribution in [3.8, 4) is 0 Å². The quantitative estimate of drug-likeness (QED) is 0.621. The third-order valence-corrected chi connectivity index (χ3v) is 2.39. The van der Waals surface area contributed by atoms with Crippen molar-refractivity contribution in [1.82, 2.24) is 10.2 Å². The summed E-state index contributed by atoms with van der Waals surface area (Å²) in [5, 5.41) is 11.7. The van der Waals surface area contributed by atoms with Gasteiger partial charge in [0.2, 0.25) is 5.91 Å². The maximum atomic E-state index is 11.2. The van der Waals surface area contributed by atoms with Crippen LogP contribution in [0.4, 0.5) is 0 Å². The lowest BCUT2D eigenvalue weighted by atomic mass is 10.0. The van der Waals surface area contributed by atoms with E-state index >= 15 is 0 Å². The topological polar surface area (TPSA) is 52.6 Å². The van der Waals surface area contributed by atoms with Gasteiger partial charge >= 0.3 is 0 Å². The molecule has 1 saturated heterocycles. The van der Waals surface area contributed by atoms with Gasteiger partial charge in [-0.3, -0.25) is 9.69 Å². The summed E-state index contributed by atoms with van der Waals surface area (Å²) in [6.07, 6.45) is 0. The number of nitrogens with one attached hydrogen (secondary N) is 1. The monoisotopic (exact) mass is 186 g/mol. The Bertz CT molecular complexity index is 182. The molecule has 1 amide bonds. The first kappa shape index (κ1) is 10.5. The van der Waals surface area contributed by atoms with E-state index in [-0.39, 0.29) is 18.6 Å². The number of β-amino-alcohol motifs (C(OH)–C–C–N with tert-alkyl or cyclic N) is 1. The average molecular weight is 186 g/mol. The predicted molar refractivity (Wildman–Crippen MR) is 50.3 cm³/mol. The number of rotatable bonds is 3. The van der Waals surface area contributed by atoms with E-state index in [1.165, 1.54) is 0 Å². The van der Waals surface area contributed by atoms with Gasteiger partial charge in [0, 0.05) is 19.1 Å². The van der Waals surface area contributed by atoms with Gasteiger partial charge in [0.25, 0.3) is 0 Å². The second-order valence-electron chi connectivity index (χ2n) is 3.88. The van der Waals surface area contributed by atoms with Crippen LogP contribution in [0.3, 0.4) is 0 Å². The molecule has 13 heavy (non-hydrogen) atoms. The van der Waals surface area contributed by atoms with E-state index in [4.69, 9.17) is 5.11 Å². The predicted octanol–water partition coefficient (Wildman–Crippen LogP) is -0.565. The Morgan fingerprint density at radius 3 is 2.92 bits per heavy atom. The Hall–Kier alpha value is -0.610. The Morgan fingerprint density at radius 1 is 1.69 bits per heavy atom. The van der Waals surface area contributed by atoms with Crippen molar-refractivity contribution in [2.75, 3.05) is 26.2 Å². The minimum atomic E-state index is 0.0680. The Kier molecular flexibility index (Phi) is 3.69. The number of amides is 1. The molecule has 1 aliphatic rings. The molecule has 0 radical (unpaired) electrons. The smallest absolute Gasteiger partial charge is 0.234 e. The molecule has 0 saturated carbocycles. The van der Waals surface area contributed by atoms with E-state index in [1.54, 1.807) is 0 Å². The lowest BCUT2D eigenvalue weighted by Gasteiger charge is -2.34. The molecule has 4 nitrogen and oxygen atoms in total. The lowest BCUT2D eigenvalue weighted by molar-refractivity contribution is -0.126. The van der Waals surface area contributed by atoms with Crippen molar-refractivity contribution in [3.05, 3.63) is 0 Å². The molecule has 2 N–H and O–H groups in total. The molecule has 1 heterocycles. The number of hydrogen-bond donors (Lipinski definition) is 2. The average Bonchev–Trinajstić information content (AvgIpc) is 2.03. The van der Waals surface area contributed by atoms with Crippen LogP contribution in [0, 0.1) is 5.92 Å². The molecule has 0 spiro atoms. The summed E-state index contributed by atoms with van der Waals surface area (Å²) in [4.78, 5) is 13.2. The number of aliphatic hydroxyl groups excluding tert-OH is 1. The molecular formula is C9H18N2O2. The molecule has 0 aliphatic carbocycles. The summed E-state index contributed by atoms with van der Waals surface area (Å²) < 4.78 is 0. The highest BCUT2D eigenvalue weighted by molar-refractivity contribution is 5.79. The van der Waals surface area contributed by atoms with Gasteiger partial charge < -0.3 is 10.4 Å². The van der Waals surface area contributed by atoms with Crippen LogP contribution in [0.2, 0.25) is 0 Å². The van der Waals surface area contributed by atoms with Crippen LogP contribution < -0.4 is 5.32 Å². The summed E-state index contributed by atoms with van der Waals surface area (Å²) >= 11 is 0. The zero-order valence-electron chi connectivity index (χ0n) is 8.29. The van der Waals surface area contributed by atoms with Gasteiger partial charge in [0.1, 0.15) is 0 Å². The van der Waals surface area contributed by atoms with Crippen molar-refractivity contribution in [1.29, 1.82) is 0 Å². The van der Waals surface area contributed by atoms with E-state index in [2.05, 4.69) is 19.2 Å². The first-order valence-corrected chi connectivity index (χ1v) is 4.76. The highest BCUT2D eigenvalue weighted by atomic mass is 16.3. The number of aliphatic hydroxyl groups is 1. The van der Waals surface area contributed by atoms with Gasteiger partial charge in [-0.05, 0) is 5.92 Å². The van der Waals surface area contributed by atoms with Crippen molar-refractivity contribution in [2.45, 2.75) is 19.9 Å². The Balaban J connectivity index is 2.47. The number of nitrogens with zero attached hydrogens (tertiary/aromatic N) is 1. The van der Waals surface area contributed by atoms with Crippen LogP contribution >= 0.6 is 0 Å². The normalized spacial score (nSPS) is 24.9. The lowest BCUT2D eigenvalue weighted by Crippen LogP contribution is -2.56. The summed E-state index contributed by atoms with van der Waals surface area (Å²) in [5.41, 5.74) is 0. The van der Waals surface area contributed by atoms with Gasteiger partial charge in [0.05, 0.1) is 13.2 Å². The van der Waals surface area contributed by atoms with Crippen molar-refractivity contribution in [2.24, 2.45) is 5.92 Å². The van der Waals surface area contributed by atoms with Crippen LogP contribution in [-0.4, -0.2) is 48.2 Å². The molecule has 1 fully saturated rings. The summed E-state index contributed by atoms with van der Waals surface area (Å²) in [6.45, 7) is 6.17. The maximum Gasteiger partial charge on any atom is 0.234 e. The van der Waals surface area contributed by atoms with Gasteiger partial charge in [-0.1, -0.05) is 13.8 Å². The first-order valence-electron chi connectivity index (χ1n) is 4.76. The fraction of sp³-hybridized carbons (Fsp3) is 0.889. The second-order valence-corrected chi connectivity index (χ2v) is 3.88. The largest absolute Gasteiger partial charge is 0.395 e. The van der Waals surface area contributed by atoms with Crippen molar-refractivity contribution < 1.29 is 9.90 Å². The molecule has 0 bridgehead atoms. The summed E-state index contributed by atoms with van der Waals surface area (Å²) in [6, 6.07) is 0.229. The van der Waals surface area contributed by atoms with Gasteiger partial charge in [-0.15, -0.1) is 0 Å². The van der Waals surface area contributed by atoms with Gasteiger partial charge in [0.15, 0.2) is 0 Å². The molecule has 0 aromatic rings. The number of hydrogen-bond acceptors (Lipinski definition) is 3. The molecule has 4 heteroatoms. The minimum absolute atomic E-state index is 0.0680. The third kappa shape index (κ3) is 2.97. The fourth-order valence-corrected chi connectivity index (χ4v) is 1.53. The zero-order chi connectivity index (χ0) is 9.84. The van der Waals surface area contributed by atoms with Crippen LogP contribution in [0.25, 0.3) is 0 Å². The van der Waals surface area contributed by atoms with Crippen LogP contribution in [0.5, 0.6) is 0 Å². The maximum absolute atomic E-state index is 11.2. The third-order valence-electron chi connectivity index (χ3n) is 2.39. The van der Waals surface area contributed by atoms with E-state index in [0.29, 0.717) is 19.0 Å². The Labute approximate surface area is 78.9 Å². The van der Waals surface area contributed by atoms with E-state index < -0.39 is 0 Å². The molecule has 0 aromatic carbocycles. The molecule has 0 aromatic heterocycles. The highest BCUT2D eigenvalue weighted by Gasteiger charge is 2.25. The molecule has 76 valence electrons. The molecule has 1 unspecified atom stereocenters. The van der Waals surface area contributed by atoms with Crippen LogP contribution in [0.15, 0.2) is 0 Å². The SMILES string of the molecule is CC(C)C1CN(CCO)CC(=O)N1. The van der Waals surface area contributed by atoms with Gasteiger partial charge in [-0.2, -0.15) is 0 Å². The molecule has 1 aliphatic heterocycles. The fourth-order valence-electron chi connectivity index (χ4n) is 1.53. The standard InChI is InChI=1S/C9H18N2O2/c1-7(2)8-5-11(3-4-12)6-9(13)10-8/h7-8,12H,3-6H2,1-2H3,(H,10,13). The summed E-state index contributed by atoms with van der Waals surface area (Å²) in [5.74, 6) is 0.517. The minimum Gasteiger partial charge on any atom is -0.395 e. The number of piperazine rings is 1. The van der Waals surface area contributed by atoms with Crippen molar-refractivity contribution in [3.63, 3.8) is 0 Å². The van der Waals surface area contributed by atoms with Gasteiger partial charge in [-0.25, -0.2) is 0 Å². The molecule has 1 atom stereocenters.